The van der Waals surface area contributed by atoms with Crippen LogP contribution in [0, 0.1) is 6.92 Å². The molecule has 2 heterocycles. The Labute approximate surface area is 136 Å². The molecule has 0 bridgehead atoms. The number of anilines is 1. The minimum absolute atomic E-state index is 0.658. The topological polar surface area (TPSA) is 42.7 Å². The van der Waals surface area contributed by atoms with Crippen molar-refractivity contribution in [1.82, 2.24) is 14.8 Å². The van der Waals surface area contributed by atoms with Crippen molar-refractivity contribution in [2.45, 2.75) is 13.5 Å². The summed E-state index contributed by atoms with van der Waals surface area (Å²) in [4.78, 5) is 4.42. The molecule has 21 heavy (non-hydrogen) atoms. The number of nitrogens with zero attached hydrogens (tertiary/aromatic N) is 3. The maximum Gasteiger partial charge on any atom is 0.0948 e. The first kappa shape index (κ1) is 14.4. The van der Waals surface area contributed by atoms with Crippen LogP contribution in [0.1, 0.15) is 11.4 Å². The molecule has 6 heteroatoms. The minimum atomic E-state index is 0.658. The minimum Gasteiger partial charge on any atom is -0.378 e. The van der Waals surface area contributed by atoms with Crippen LogP contribution in [0.3, 0.4) is 0 Å². The number of nitrogens with one attached hydrogen (secondary N) is 1. The van der Waals surface area contributed by atoms with Gasteiger partial charge in [0.25, 0.3) is 0 Å². The standard InChI is InChI=1S/C15H14BrClN4/c1-9-14(16)13(21(2)20-9)8-19-12-6-5-11(17)10-4-3-7-18-15(10)12/h3-7,19H,8H2,1-2H3. The second-order valence-corrected chi connectivity index (χ2v) is 6.02. The quantitative estimate of drug-likeness (QED) is 0.752. The van der Waals surface area contributed by atoms with Gasteiger partial charge in [-0.05, 0) is 47.1 Å². The molecule has 0 aliphatic heterocycles. The number of pyridine rings is 1. The van der Waals surface area contributed by atoms with E-state index in [0.717, 1.165) is 32.5 Å². The van der Waals surface area contributed by atoms with E-state index in [4.69, 9.17) is 11.6 Å². The summed E-state index contributed by atoms with van der Waals surface area (Å²) < 4.78 is 2.90. The SMILES string of the molecule is Cc1nn(C)c(CNc2ccc(Cl)c3cccnc23)c1Br. The lowest BCUT2D eigenvalue weighted by Crippen LogP contribution is -2.06. The van der Waals surface area contributed by atoms with E-state index >= 15 is 0 Å². The average molecular weight is 366 g/mol. The Balaban J connectivity index is 1.94. The van der Waals surface area contributed by atoms with Gasteiger partial charge in [0.2, 0.25) is 0 Å². The highest BCUT2D eigenvalue weighted by Gasteiger charge is 2.11. The molecule has 3 rings (SSSR count). The van der Waals surface area contributed by atoms with Crippen molar-refractivity contribution in [2.75, 3.05) is 5.32 Å². The summed E-state index contributed by atoms with van der Waals surface area (Å²) in [6.45, 7) is 2.64. The third-order valence-corrected chi connectivity index (χ3v) is 4.79. The van der Waals surface area contributed by atoms with Crippen LogP contribution >= 0.6 is 27.5 Å². The Kier molecular flexibility index (Phi) is 3.87. The van der Waals surface area contributed by atoms with Gasteiger partial charge in [0.1, 0.15) is 0 Å². The monoisotopic (exact) mass is 364 g/mol. The molecule has 0 amide bonds. The van der Waals surface area contributed by atoms with E-state index in [0.29, 0.717) is 11.6 Å². The maximum absolute atomic E-state index is 6.21. The molecule has 0 radical (unpaired) electrons. The van der Waals surface area contributed by atoms with Gasteiger partial charge in [0.15, 0.2) is 0 Å². The normalized spacial score (nSPS) is 11.0. The molecular weight excluding hydrogens is 352 g/mol. The number of aryl methyl sites for hydroxylation is 2. The van der Waals surface area contributed by atoms with Crippen LogP contribution in [-0.4, -0.2) is 14.8 Å². The first-order valence-electron chi connectivity index (χ1n) is 6.53. The van der Waals surface area contributed by atoms with Crippen molar-refractivity contribution in [3.8, 4) is 0 Å². The van der Waals surface area contributed by atoms with E-state index in [9.17, 15) is 0 Å². The van der Waals surface area contributed by atoms with Gasteiger partial charge in [-0.1, -0.05) is 11.6 Å². The number of fused-ring (bicyclic) bond motifs is 1. The highest BCUT2D eigenvalue weighted by Crippen LogP contribution is 2.29. The molecule has 108 valence electrons. The molecule has 0 fully saturated rings. The van der Waals surface area contributed by atoms with Gasteiger partial charge in [0.05, 0.1) is 38.6 Å². The lowest BCUT2D eigenvalue weighted by Gasteiger charge is -2.10. The Bertz CT molecular complexity index is 813. The predicted octanol–water partition coefficient (Wildman–Crippen LogP) is 4.30. The highest BCUT2D eigenvalue weighted by atomic mass is 79.9. The molecule has 0 spiro atoms. The third-order valence-electron chi connectivity index (χ3n) is 3.42. The highest BCUT2D eigenvalue weighted by molar-refractivity contribution is 9.10. The van der Waals surface area contributed by atoms with Crippen molar-refractivity contribution in [3.63, 3.8) is 0 Å². The predicted molar refractivity (Wildman–Crippen MR) is 89.7 cm³/mol. The molecule has 1 aromatic carbocycles. The van der Waals surface area contributed by atoms with Gasteiger partial charge in [0, 0.05) is 18.6 Å². The molecule has 3 aromatic rings. The zero-order valence-electron chi connectivity index (χ0n) is 11.7. The van der Waals surface area contributed by atoms with Crippen LogP contribution in [0.5, 0.6) is 0 Å². The van der Waals surface area contributed by atoms with Gasteiger partial charge in [-0.25, -0.2) is 0 Å². The zero-order chi connectivity index (χ0) is 15.0. The van der Waals surface area contributed by atoms with Crippen molar-refractivity contribution >= 4 is 44.1 Å². The number of aromatic nitrogens is 3. The Morgan fingerprint density at radius 1 is 1.33 bits per heavy atom. The maximum atomic E-state index is 6.21. The summed E-state index contributed by atoms with van der Waals surface area (Å²) in [7, 11) is 1.94. The van der Waals surface area contributed by atoms with Crippen molar-refractivity contribution in [2.24, 2.45) is 7.05 Å². The van der Waals surface area contributed by atoms with Crippen LogP contribution in [0.4, 0.5) is 5.69 Å². The number of halogens is 2. The first-order valence-corrected chi connectivity index (χ1v) is 7.70. The van der Waals surface area contributed by atoms with Gasteiger partial charge < -0.3 is 5.32 Å². The Morgan fingerprint density at radius 2 is 2.14 bits per heavy atom. The summed E-state index contributed by atoms with van der Waals surface area (Å²) in [5, 5.41) is 9.46. The van der Waals surface area contributed by atoms with Crippen LogP contribution in [0.25, 0.3) is 10.9 Å². The van der Waals surface area contributed by atoms with Crippen LogP contribution < -0.4 is 5.32 Å². The summed E-state index contributed by atoms with van der Waals surface area (Å²) in [6, 6.07) is 7.70. The van der Waals surface area contributed by atoms with Gasteiger partial charge in [-0.3, -0.25) is 9.67 Å². The van der Waals surface area contributed by atoms with E-state index in [1.165, 1.54) is 0 Å². The smallest absolute Gasteiger partial charge is 0.0948 e. The fourth-order valence-electron chi connectivity index (χ4n) is 2.33. The van der Waals surface area contributed by atoms with E-state index in [2.05, 4.69) is 31.3 Å². The summed E-state index contributed by atoms with van der Waals surface area (Å²) in [5.74, 6) is 0. The molecule has 0 saturated carbocycles. The first-order chi connectivity index (χ1) is 10.1. The zero-order valence-corrected chi connectivity index (χ0v) is 14.0. The lowest BCUT2D eigenvalue weighted by atomic mass is 10.2. The van der Waals surface area contributed by atoms with Crippen molar-refractivity contribution in [1.29, 1.82) is 0 Å². The third kappa shape index (κ3) is 2.63. The van der Waals surface area contributed by atoms with E-state index in [-0.39, 0.29) is 0 Å². The number of benzene rings is 1. The molecule has 0 atom stereocenters. The second kappa shape index (κ2) is 5.66. The van der Waals surface area contributed by atoms with E-state index < -0.39 is 0 Å². The van der Waals surface area contributed by atoms with E-state index in [1.807, 2.05) is 42.9 Å². The van der Waals surface area contributed by atoms with Gasteiger partial charge in [-0.15, -0.1) is 0 Å². The van der Waals surface area contributed by atoms with E-state index in [1.54, 1.807) is 6.20 Å². The fraction of sp³-hybridized carbons (Fsp3) is 0.200. The van der Waals surface area contributed by atoms with Gasteiger partial charge in [-0.2, -0.15) is 5.10 Å². The fourth-order valence-corrected chi connectivity index (χ4v) is 3.02. The molecule has 0 aliphatic rings. The number of hydrogen-bond acceptors (Lipinski definition) is 3. The van der Waals surface area contributed by atoms with Crippen LogP contribution in [-0.2, 0) is 13.6 Å². The average Bonchev–Trinajstić information content (AvgIpc) is 2.72. The van der Waals surface area contributed by atoms with Gasteiger partial charge >= 0.3 is 0 Å². The molecule has 0 saturated heterocycles. The molecule has 4 nitrogen and oxygen atoms in total. The Morgan fingerprint density at radius 3 is 2.86 bits per heavy atom. The summed E-state index contributed by atoms with van der Waals surface area (Å²) >= 11 is 9.79. The van der Waals surface area contributed by atoms with Crippen LogP contribution in [0.15, 0.2) is 34.9 Å². The molecular formula is C15H14BrClN4. The largest absolute Gasteiger partial charge is 0.378 e. The molecule has 1 N–H and O–H groups in total. The number of hydrogen-bond donors (Lipinski definition) is 1. The summed E-state index contributed by atoms with van der Waals surface area (Å²) in [6.07, 6.45) is 1.77. The molecule has 0 unspecified atom stereocenters. The summed E-state index contributed by atoms with van der Waals surface area (Å²) in [5.41, 5.74) is 3.90. The molecule has 2 aromatic heterocycles. The number of rotatable bonds is 3. The van der Waals surface area contributed by atoms with Crippen LogP contribution in [0.2, 0.25) is 5.02 Å². The molecule has 0 aliphatic carbocycles. The van der Waals surface area contributed by atoms with Crippen molar-refractivity contribution in [3.05, 3.63) is 51.3 Å². The lowest BCUT2D eigenvalue weighted by molar-refractivity contribution is 0.713. The Hall–Kier alpha value is -1.59. The van der Waals surface area contributed by atoms with Crippen molar-refractivity contribution < 1.29 is 0 Å². The second-order valence-electron chi connectivity index (χ2n) is 4.82.